The van der Waals surface area contributed by atoms with Crippen molar-refractivity contribution in [3.8, 4) is 0 Å². The number of benzene rings is 1. The molecule has 0 fully saturated rings. The lowest BCUT2D eigenvalue weighted by molar-refractivity contribution is 0.542. The van der Waals surface area contributed by atoms with Crippen molar-refractivity contribution >= 4 is 11.5 Å². The van der Waals surface area contributed by atoms with Crippen LogP contribution in [-0.4, -0.2) is 25.3 Å². The zero-order valence-electron chi connectivity index (χ0n) is 13.9. The molecule has 1 aromatic carbocycles. The number of aromatic nitrogens is 5. The minimum atomic E-state index is 0.178. The van der Waals surface area contributed by atoms with Gasteiger partial charge in [-0.25, -0.2) is 0 Å². The van der Waals surface area contributed by atoms with E-state index < -0.39 is 0 Å². The summed E-state index contributed by atoms with van der Waals surface area (Å²) in [7, 11) is 0. The normalized spacial score (nSPS) is 13.0. The van der Waals surface area contributed by atoms with Crippen LogP contribution < -0.4 is 5.32 Å². The molecule has 1 N–H and O–H groups in total. The third-order valence-electron chi connectivity index (χ3n) is 4.00. The van der Waals surface area contributed by atoms with Gasteiger partial charge in [0.05, 0.1) is 6.04 Å². The summed E-state index contributed by atoms with van der Waals surface area (Å²) < 4.78 is 1.43. The van der Waals surface area contributed by atoms with Gasteiger partial charge in [0.1, 0.15) is 5.82 Å². The summed E-state index contributed by atoms with van der Waals surface area (Å²) in [5.74, 6) is 1.72. The fourth-order valence-electron chi connectivity index (χ4n) is 2.61. The van der Waals surface area contributed by atoms with Gasteiger partial charge in [-0.3, -0.25) is 0 Å². The SMILES string of the molecule is CC(C)c1ccc([C@@H](Nc2ccc3nnnn3n2)C(C)C)cc1. The van der Waals surface area contributed by atoms with E-state index in [1.54, 1.807) is 0 Å². The van der Waals surface area contributed by atoms with Crippen LogP contribution in [0.4, 0.5) is 5.82 Å². The highest BCUT2D eigenvalue weighted by molar-refractivity contribution is 5.44. The molecule has 0 amide bonds. The molecule has 0 aliphatic rings. The smallest absolute Gasteiger partial charge is 0.200 e. The van der Waals surface area contributed by atoms with Gasteiger partial charge < -0.3 is 5.32 Å². The Hall–Kier alpha value is -2.50. The maximum atomic E-state index is 4.40. The molecule has 2 aromatic heterocycles. The lowest BCUT2D eigenvalue weighted by Gasteiger charge is -2.23. The van der Waals surface area contributed by atoms with Crippen molar-refractivity contribution in [1.82, 2.24) is 25.3 Å². The molecule has 6 nitrogen and oxygen atoms in total. The van der Waals surface area contributed by atoms with Crippen molar-refractivity contribution in [2.24, 2.45) is 5.92 Å². The van der Waals surface area contributed by atoms with Crippen LogP contribution in [0.3, 0.4) is 0 Å². The summed E-state index contributed by atoms with van der Waals surface area (Å²) in [5.41, 5.74) is 3.24. The van der Waals surface area contributed by atoms with E-state index in [4.69, 9.17) is 0 Å². The topological polar surface area (TPSA) is 68.0 Å². The molecule has 3 aromatic rings. The second-order valence-electron chi connectivity index (χ2n) is 6.43. The Labute approximate surface area is 135 Å². The second-order valence-corrected chi connectivity index (χ2v) is 6.43. The average molecular weight is 310 g/mol. The first-order valence-electron chi connectivity index (χ1n) is 7.96. The van der Waals surface area contributed by atoms with Gasteiger partial charge in [0, 0.05) is 0 Å². The molecule has 120 valence electrons. The third kappa shape index (κ3) is 3.31. The lowest BCUT2D eigenvalue weighted by Crippen LogP contribution is -2.18. The lowest BCUT2D eigenvalue weighted by atomic mass is 9.93. The van der Waals surface area contributed by atoms with Gasteiger partial charge in [-0.15, -0.1) is 14.8 Å². The number of nitrogens with one attached hydrogen (secondary N) is 1. The highest BCUT2D eigenvalue weighted by atomic mass is 15.6. The summed E-state index contributed by atoms with van der Waals surface area (Å²) in [4.78, 5) is 0. The number of tetrazole rings is 1. The van der Waals surface area contributed by atoms with E-state index in [1.807, 2.05) is 12.1 Å². The molecule has 0 saturated carbocycles. The number of hydrogen-bond acceptors (Lipinski definition) is 5. The summed E-state index contributed by atoms with van der Waals surface area (Å²) in [6.07, 6.45) is 0. The first-order valence-corrected chi connectivity index (χ1v) is 7.96. The van der Waals surface area contributed by atoms with Gasteiger partial charge >= 0.3 is 0 Å². The first kappa shape index (κ1) is 15.4. The van der Waals surface area contributed by atoms with E-state index in [0.717, 1.165) is 5.82 Å². The summed E-state index contributed by atoms with van der Waals surface area (Å²) in [6, 6.07) is 12.7. The Kier molecular flexibility index (Phi) is 4.23. The Morgan fingerprint density at radius 3 is 2.26 bits per heavy atom. The van der Waals surface area contributed by atoms with E-state index >= 15 is 0 Å². The Morgan fingerprint density at radius 2 is 1.61 bits per heavy atom. The van der Waals surface area contributed by atoms with Crippen LogP contribution in [0.5, 0.6) is 0 Å². The van der Waals surface area contributed by atoms with Crippen LogP contribution in [-0.2, 0) is 0 Å². The Bertz CT molecular complexity index is 775. The number of anilines is 1. The first-order chi connectivity index (χ1) is 11.0. The number of rotatable bonds is 5. The molecule has 23 heavy (non-hydrogen) atoms. The number of hydrogen-bond donors (Lipinski definition) is 1. The van der Waals surface area contributed by atoms with Crippen molar-refractivity contribution in [1.29, 1.82) is 0 Å². The van der Waals surface area contributed by atoms with Crippen molar-refractivity contribution < 1.29 is 0 Å². The quantitative estimate of drug-likeness (QED) is 0.781. The van der Waals surface area contributed by atoms with Crippen LogP contribution in [0.2, 0.25) is 0 Å². The number of fused-ring (bicyclic) bond motifs is 1. The Balaban J connectivity index is 1.86. The maximum Gasteiger partial charge on any atom is 0.200 e. The fourth-order valence-corrected chi connectivity index (χ4v) is 2.61. The molecule has 0 saturated heterocycles. The molecule has 0 aliphatic carbocycles. The zero-order chi connectivity index (χ0) is 16.4. The van der Waals surface area contributed by atoms with Crippen LogP contribution >= 0.6 is 0 Å². The predicted molar refractivity (Wildman–Crippen MR) is 90.3 cm³/mol. The van der Waals surface area contributed by atoms with E-state index in [2.05, 4.69) is 77.9 Å². The largest absolute Gasteiger partial charge is 0.362 e. The monoisotopic (exact) mass is 310 g/mol. The van der Waals surface area contributed by atoms with Gasteiger partial charge in [0.2, 0.25) is 0 Å². The zero-order valence-corrected chi connectivity index (χ0v) is 13.9. The highest BCUT2D eigenvalue weighted by Crippen LogP contribution is 2.27. The predicted octanol–water partition coefficient (Wildman–Crippen LogP) is 3.45. The van der Waals surface area contributed by atoms with Crippen LogP contribution in [0.25, 0.3) is 5.65 Å². The average Bonchev–Trinajstić information content (AvgIpc) is 3.00. The molecule has 0 bridgehead atoms. The summed E-state index contributed by atoms with van der Waals surface area (Å²) >= 11 is 0. The second kappa shape index (κ2) is 6.32. The van der Waals surface area contributed by atoms with Crippen molar-refractivity contribution in [2.75, 3.05) is 5.32 Å². The molecule has 0 radical (unpaired) electrons. The summed E-state index contributed by atoms with van der Waals surface area (Å²) in [6.45, 7) is 8.81. The van der Waals surface area contributed by atoms with E-state index in [0.29, 0.717) is 17.5 Å². The number of nitrogens with zero attached hydrogens (tertiary/aromatic N) is 5. The fraction of sp³-hybridized carbons (Fsp3) is 0.412. The van der Waals surface area contributed by atoms with Gasteiger partial charge in [-0.2, -0.15) is 0 Å². The summed E-state index contributed by atoms with van der Waals surface area (Å²) in [5, 5.41) is 19.2. The molecule has 1 atom stereocenters. The van der Waals surface area contributed by atoms with Crippen LogP contribution in [0, 0.1) is 5.92 Å². The Morgan fingerprint density at radius 1 is 0.913 bits per heavy atom. The van der Waals surface area contributed by atoms with Crippen molar-refractivity contribution in [2.45, 2.75) is 39.7 Å². The van der Waals surface area contributed by atoms with Crippen molar-refractivity contribution in [3.63, 3.8) is 0 Å². The van der Waals surface area contributed by atoms with Gasteiger partial charge in [-0.05, 0) is 45.5 Å². The van der Waals surface area contributed by atoms with Crippen molar-refractivity contribution in [3.05, 3.63) is 47.5 Å². The minimum Gasteiger partial charge on any atom is -0.362 e. The molecular weight excluding hydrogens is 288 g/mol. The van der Waals surface area contributed by atoms with E-state index in [-0.39, 0.29) is 6.04 Å². The molecule has 2 heterocycles. The van der Waals surface area contributed by atoms with Crippen LogP contribution in [0.1, 0.15) is 50.8 Å². The molecule has 3 rings (SSSR count). The molecule has 0 unspecified atom stereocenters. The van der Waals surface area contributed by atoms with Gasteiger partial charge in [0.25, 0.3) is 0 Å². The molecule has 6 heteroatoms. The van der Waals surface area contributed by atoms with Gasteiger partial charge in [-0.1, -0.05) is 52.0 Å². The minimum absolute atomic E-state index is 0.178. The maximum absolute atomic E-state index is 4.40. The van der Waals surface area contributed by atoms with Gasteiger partial charge in [0.15, 0.2) is 5.65 Å². The standard InChI is InChI=1S/C17H22N6/c1-11(2)13-5-7-14(8-6-13)17(12(3)4)18-15-9-10-16-19-21-22-23(16)20-15/h5-12,17H,1-4H3,(H,18,20)/t17-/m0/s1. The van der Waals surface area contributed by atoms with E-state index in [9.17, 15) is 0 Å². The molecule has 0 spiro atoms. The molecule has 0 aliphatic heterocycles. The van der Waals surface area contributed by atoms with Crippen LogP contribution in [0.15, 0.2) is 36.4 Å². The molecular formula is C17H22N6. The van der Waals surface area contributed by atoms with E-state index in [1.165, 1.54) is 15.8 Å². The third-order valence-corrected chi connectivity index (χ3v) is 4.00. The highest BCUT2D eigenvalue weighted by Gasteiger charge is 2.17.